The first-order valence-electron chi connectivity index (χ1n) is 11.3. The second-order valence-corrected chi connectivity index (χ2v) is 8.12. The maximum Gasteiger partial charge on any atom is 0.201 e. The van der Waals surface area contributed by atoms with Crippen LogP contribution in [0.5, 0.6) is 5.75 Å². The van der Waals surface area contributed by atoms with Crippen molar-refractivity contribution >= 4 is 0 Å². The molecule has 0 aliphatic carbocycles. The van der Waals surface area contributed by atoms with Crippen LogP contribution in [0.15, 0.2) is 72.8 Å². The summed E-state index contributed by atoms with van der Waals surface area (Å²) in [6.45, 7) is 1.80. The van der Waals surface area contributed by atoms with Crippen molar-refractivity contribution in [2.75, 3.05) is 6.61 Å². The summed E-state index contributed by atoms with van der Waals surface area (Å²) in [5.41, 5.74) is 3.09. The van der Waals surface area contributed by atoms with Gasteiger partial charge in [0, 0.05) is 11.1 Å². The van der Waals surface area contributed by atoms with E-state index in [1.807, 2.05) is 0 Å². The fraction of sp³-hybridized carbons (Fsp3) is 0.172. The molecular formula is C29H24F4O2. The van der Waals surface area contributed by atoms with Gasteiger partial charge in [-0.1, -0.05) is 60.7 Å². The maximum atomic E-state index is 14.7. The molecule has 0 unspecified atom stereocenters. The number of ether oxygens (including phenoxy) is 1. The van der Waals surface area contributed by atoms with E-state index in [1.54, 1.807) is 67.6 Å². The van der Waals surface area contributed by atoms with E-state index in [-0.39, 0.29) is 42.1 Å². The number of benzene rings is 4. The van der Waals surface area contributed by atoms with Gasteiger partial charge in [0.2, 0.25) is 5.82 Å². The highest BCUT2D eigenvalue weighted by Crippen LogP contribution is 2.31. The first kappa shape index (κ1) is 24.5. The molecule has 4 rings (SSSR count). The lowest BCUT2D eigenvalue weighted by Crippen LogP contribution is -2.00. The van der Waals surface area contributed by atoms with Gasteiger partial charge in [-0.2, -0.15) is 4.39 Å². The molecule has 4 aromatic carbocycles. The summed E-state index contributed by atoms with van der Waals surface area (Å²) < 4.78 is 63.2. The molecule has 6 heteroatoms. The van der Waals surface area contributed by atoms with E-state index >= 15 is 0 Å². The van der Waals surface area contributed by atoms with Crippen molar-refractivity contribution in [2.24, 2.45) is 0 Å². The summed E-state index contributed by atoms with van der Waals surface area (Å²) in [6, 6.07) is 19.5. The van der Waals surface area contributed by atoms with E-state index in [0.717, 1.165) is 5.56 Å². The quantitative estimate of drug-likeness (QED) is 0.269. The molecule has 4 aromatic rings. The first-order valence-corrected chi connectivity index (χ1v) is 11.3. The molecule has 0 aliphatic heterocycles. The molecule has 1 N–H and O–H groups in total. The highest BCUT2D eigenvalue weighted by Gasteiger charge is 2.17. The van der Waals surface area contributed by atoms with Crippen LogP contribution in [0, 0.1) is 23.3 Å². The molecule has 0 heterocycles. The van der Waals surface area contributed by atoms with E-state index in [4.69, 9.17) is 9.84 Å². The van der Waals surface area contributed by atoms with E-state index in [9.17, 15) is 17.6 Å². The largest absolute Gasteiger partial charge is 0.491 e. The summed E-state index contributed by atoms with van der Waals surface area (Å²) in [5.74, 6) is -3.95. The Balaban J connectivity index is 1.47. The minimum Gasteiger partial charge on any atom is -0.491 e. The second kappa shape index (κ2) is 10.7. The average molecular weight is 481 g/mol. The van der Waals surface area contributed by atoms with Gasteiger partial charge in [-0.15, -0.1) is 0 Å². The van der Waals surface area contributed by atoms with Crippen molar-refractivity contribution in [1.29, 1.82) is 0 Å². The van der Waals surface area contributed by atoms with Gasteiger partial charge < -0.3 is 9.84 Å². The fourth-order valence-corrected chi connectivity index (χ4v) is 3.95. The molecule has 0 saturated heterocycles. The number of hydrogen-bond donors (Lipinski definition) is 1. The molecule has 0 radical (unpaired) electrons. The van der Waals surface area contributed by atoms with E-state index in [2.05, 4.69) is 0 Å². The predicted molar refractivity (Wildman–Crippen MR) is 128 cm³/mol. The Morgan fingerprint density at radius 2 is 1.14 bits per heavy atom. The number of aliphatic hydroxyl groups is 1. The Hall–Kier alpha value is -3.64. The summed E-state index contributed by atoms with van der Waals surface area (Å²) in [4.78, 5) is 0. The van der Waals surface area contributed by atoms with Crippen LogP contribution in [0.1, 0.15) is 23.6 Å². The van der Waals surface area contributed by atoms with Crippen LogP contribution >= 0.6 is 0 Å². The Morgan fingerprint density at radius 3 is 1.71 bits per heavy atom. The molecule has 35 heavy (non-hydrogen) atoms. The summed E-state index contributed by atoms with van der Waals surface area (Å²) in [7, 11) is 0. The minimum atomic E-state index is -1.03. The molecule has 0 aromatic heterocycles. The monoisotopic (exact) mass is 480 g/mol. The zero-order valence-electron chi connectivity index (χ0n) is 19.1. The first-order chi connectivity index (χ1) is 16.9. The van der Waals surface area contributed by atoms with Crippen molar-refractivity contribution in [3.05, 3.63) is 113 Å². The van der Waals surface area contributed by atoms with Gasteiger partial charge in [0.15, 0.2) is 23.2 Å². The van der Waals surface area contributed by atoms with Gasteiger partial charge >= 0.3 is 0 Å². The normalized spacial score (nSPS) is 11.0. The van der Waals surface area contributed by atoms with Crippen LogP contribution in [-0.2, 0) is 19.4 Å². The van der Waals surface area contributed by atoms with Crippen molar-refractivity contribution in [1.82, 2.24) is 0 Å². The Morgan fingerprint density at radius 1 is 0.600 bits per heavy atom. The van der Waals surface area contributed by atoms with Crippen molar-refractivity contribution in [3.8, 4) is 28.0 Å². The zero-order valence-corrected chi connectivity index (χ0v) is 19.1. The molecule has 0 spiro atoms. The topological polar surface area (TPSA) is 29.5 Å². The number of rotatable bonds is 8. The standard InChI is InChI=1S/C29H24F4O2/c1-2-35-25-16-15-24(28(32)29(25)33)20-8-3-18(4-9-20)5-12-22-13-14-23(27(31)26(22)30)21-10-6-19(17-34)7-11-21/h3-4,6-11,13-16,34H,2,5,12,17H2,1H3. The predicted octanol–water partition coefficient (Wildman–Crippen LogP) is 7.25. The van der Waals surface area contributed by atoms with Gasteiger partial charge in [0.1, 0.15) is 0 Å². The molecule has 0 saturated carbocycles. The van der Waals surface area contributed by atoms with Crippen molar-refractivity contribution < 1.29 is 27.4 Å². The Kier molecular flexibility index (Phi) is 7.51. The molecule has 180 valence electrons. The Bertz CT molecular complexity index is 1320. The summed E-state index contributed by atoms with van der Waals surface area (Å²) in [5, 5.41) is 9.14. The number of aliphatic hydroxyl groups excluding tert-OH is 1. The third kappa shape index (κ3) is 5.23. The van der Waals surface area contributed by atoms with Gasteiger partial charge in [0.25, 0.3) is 0 Å². The van der Waals surface area contributed by atoms with Crippen LogP contribution < -0.4 is 4.74 Å². The van der Waals surface area contributed by atoms with Crippen LogP contribution in [0.3, 0.4) is 0 Å². The number of hydrogen-bond acceptors (Lipinski definition) is 2. The maximum absolute atomic E-state index is 14.7. The summed E-state index contributed by atoms with van der Waals surface area (Å²) in [6.07, 6.45) is 0.721. The lowest BCUT2D eigenvalue weighted by atomic mass is 9.97. The summed E-state index contributed by atoms with van der Waals surface area (Å²) >= 11 is 0. The highest BCUT2D eigenvalue weighted by molar-refractivity contribution is 5.66. The second-order valence-electron chi connectivity index (χ2n) is 8.12. The Labute approximate surface area is 201 Å². The average Bonchev–Trinajstić information content (AvgIpc) is 2.88. The highest BCUT2D eigenvalue weighted by atomic mass is 19.2. The van der Waals surface area contributed by atoms with E-state index in [1.165, 1.54) is 12.1 Å². The van der Waals surface area contributed by atoms with Crippen molar-refractivity contribution in [3.63, 3.8) is 0 Å². The van der Waals surface area contributed by atoms with Crippen LogP contribution in [0.25, 0.3) is 22.3 Å². The van der Waals surface area contributed by atoms with E-state index < -0.39 is 23.3 Å². The third-order valence-corrected chi connectivity index (χ3v) is 5.90. The number of aryl methyl sites for hydroxylation is 2. The fourth-order valence-electron chi connectivity index (χ4n) is 3.95. The minimum absolute atomic E-state index is 0.119. The van der Waals surface area contributed by atoms with E-state index in [0.29, 0.717) is 23.1 Å². The zero-order chi connectivity index (χ0) is 24.9. The third-order valence-electron chi connectivity index (χ3n) is 5.90. The van der Waals surface area contributed by atoms with Crippen LogP contribution in [0.2, 0.25) is 0 Å². The molecule has 0 aliphatic rings. The molecule has 0 amide bonds. The van der Waals surface area contributed by atoms with Crippen LogP contribution in [-0.4, -0.2) is 11.7 Å². The van der Waals surface area contributed by atoms with Gasteiger partial charge in [-0.3, -0.25) is 0 Å². The smallest absolute Gasteiger partial charge is 0.201 e. The number of halogens is 4. The molecule has 2 nitrogen and oxygen atoms in total. The molecule has 0 fully saturated rings. The lowest BCUT2D eigenvalue weighted by molar-refractivity contribution is 0.282. The lowest BCUT2D eigenvalue weighted by Gasteiger charge is -2.11. The molecular weight excluding hydrogens is 456 g/mol. The SMILES string of the molecule is CCOc1ccc(-c2ccc(CCc3ccc(-c4ccc(CO)cc4)c(F)c3F)cc2)c(F)c1F. The molecule has 0 bridgehead atoms. The van der Waals surface area contributed by atoms with Crippen LogP contribution in [0.4, 0.5) is 17.6 Å². The van der Waals surface area contributed by atoms with Gasteiger partial charge in [0.05, 0.1) is 13.2 Å². The van der Waals surface area contributed by atoms with Crippen molar-refractivity contribution in [2.45, 2.75) is 26.4 Å². The van der Waals surface area contributed by atoms with Gasteiger partial charge in [-0.25, -0.2) is 13.2 Å². The van der Waals surface area contributed by atoms with Gasteiger partial charge in [-0.05, 0) is 59.7 Å². The molecule has 0 atom stereocenters.